The Morgan fingerprint density at radius 1 is 0.944 bits per heavy atom. The number of para-hydroxylation sites is 1. The lowest BCUT2D eigenvalue weighted by Crippen LogP contribution is -2.44. The lowest BCUT2D eigenvalue weighted by Gasteiger charge is -2.33. The van der Waals surface area contributed by atoms with E-state index in [9.17, 15) is 13.6 Å². The van der Waals surface area contributed by atoms with Gasteiger partial charge in [0.05, 0.1) is 21.4 Å². The van der Waals surface area contributed by atoms with Gasteiger partial charge in [0.25, 0.3) is 0 Å². The molecule has 3 aromatic carbocycles. The van der Waals surface area contributed by atoms with E-state index >= 15 is 0 Å². The second-order valence-electron chi connectivity index (χ2n) is 8.83. The first kappa shape index (κ1) is 25.0. The molecule has 1 fully saturated rings. The third-order valence-corrected chi connectivity index (χ3v) is 7.16. The molecule has 0 spiro atoms. The first-order chi connectivity index (χ1) is 17.4. The molecule has 1 amide bonds. The Morgan fingerprint density at radius 2 is 1.69 bits per heavy atom. The number of fused-ring (bicyclic) bond motifs is 1. The average molecular weight is 532 g/mol. The highest BCUT2D eigenvalue weighted by atomic mass is 35.5. The van der Waals surface area contributed by atoms with Gasteiger partial charge in [-0.1, -0.05) is 29.3 Å². The standard InChI is InChI=1S/C27H25Cl2F2N3O2/c28-22-2-1-3-23(29)27(22)34-25-16-18(36-13-12-33-10-8-32-9-11-33)15-21(20(25)6-7-26(34)35)19-5-4-17(30)14-24(19)31/h1-5,14-16,32H,6-13H2. The van der Waals surface area contributed by atoms with Crippen molar-refractivity contribution in [2.24, 2.45) is 0 Å². The molecule has 3 aromatic rings. The fraction of sp³-hybridized carbons (Fsp3) is 0.296. The van der Waals surface area contributed by atoms with Crippen LogP contribution in [0.15, 0.2) is 48.5 Å². The van der Waals surface area contributed by atoms with Gasteiger partial charge in [0.15, 0.2) is 0 Å². The molecule has 5 rings (SSSR count). The summed E-state index contributed by atoms with van der Waals surface area (Å²) in [6.07, 6.45) is 0.577. The van der Waals surface area contributed by atoms with E-state index in [-0.39, 0.29) is 17.9 Å². The predicted octanol–water partition coefficient (Wildman–Crippen LogP) is 5.83. The van der Waals surface area contributed by atoms with E-state index in [2.05, 4.69) is 10.2 Å². The molecular formula is C27H25Cl2F2N3O2. The fourth-order valence-corrected chi connectivity index (χ4v) is 5.34. The summed E-state index contributed by atoms with van der Waals surface area (Å²) < 4.78 is 34.8. The summed E-state index contributed by atoms with van der Waals surface area (Å²) in [7, 11) is 0. The van der Waals surface area contributed by atoms with Crippen molar-refractivity contribution in [1.82, 2.24) is 10.2 Å². The zero-order valence-corrected chi connectivity index (χ0v) is 21.0. The number of halogens is 4. The molecule has 2 heterocycles. The van der Waals surface area contributed by atoms with Crippen molar-refractivity contribution in [2.75, 3.05) is 44.2 Å². The number of benzene rings is 3. The molecule has 2 aliphatic rings. The number of nitrogens with one attached hydrogen (secondary N) is 1. The minimum atomic E-state index is -0.686. The molecule has 0 atom stereocenters. The van der Waals surface area contributed by atoms with E-state index in [4.69, 9.17) is 27.9 Å². The first-order valence-corrected chi connectivity index (χ1v) is 12.6. The van der Waals surface area contributed by atoms with E-state index in [1.54, 1.807) is 30.3 Å². The Labute approximate surface area is 218 Å². The summed E-state index contributed by atoms with van der Waals surface area (Å²) in [5, 5.41) is 3.97. The molecule has 2 aliphatic heterocycles. The maximum atomic E-state index is 14.9. The van der Waals surface area contributed by atoms with Gasteiger partial charge in [0.2, 0.25) is 5.91 Å². The van der Waals surface area contributed by atoms with Gasteiger partial charge in [-0.25, -0.2) is 8.78 Å². The van der Waals surface area contributed by atoms with E-state index in [1.165, 1.54) is 17.0 Å². The number of hydrogen-bond donors (Lipinski definition) is 1. The Kier molecular flexibility index (Phi) is 7.44. The van der Waals surface area contributed by atoms with Gasteiger partial charge in [-0.3, -0.25) is 14.6 Å². The van der Waals surface area contributed by atoms with Crippen LogP contribution in [0.1, 0.15) is 12.0 Å². The minimum Gasteiger partial charge on any atom is -0.492 e. The summed E-state index contributed by atoms with van der Waals surface area (Å²) in [6, 6.07) is 12.1. The summed E-state index contributed by atoms with van der Waals surface area (Å²) in [4.78, 5) is 17.0. The fourth-order valence-electron chi connectivity index (χ4n) is 4.78. The zero-order valence-electron chi connectivity index (χ0n) is 19.5. The number of ether oxygens (including phenoxy) is 1. The average Bonchev–Trinajstić information content (AvgIpc) is 2.85. The van der Waals surface area contributed by atoms with Crippen molar-refractivity contribution in [3.63, 3.8) is 0 Å². The highest BCUT2D eigenvalue weighted by Gasteiger charge is 2.32. The largest absolute Gasteiger partial charge is 0.492 e. The van der Waals surface area contributed by atoms with E-state index < -0.39 is 11.6 Å². The van der Waals surface area contributed by atoms with Crippen molar-refractivity contribution >= 4 is 40.5 Å². The zero-order chi connectivity index (χ0) is 25.2. The van der Waals surface area contributed by atoms with E-state index in [1.807, 2.05) is 0 Å². The SMILES string of the molecule is O=C1CCc2c(-c3ccc(F)cc3F)cc(OCCN3CCNCC3)cc2N1c1c(Cl)cccc1Cl. The van der Waals surface area contributed by atoms with Crippen LogP contribution in [0.5, 0.6) is 5.75 Å². The van der Waals surface area contributed by atoms with Gasteiger partial charge in [0, 0.05) is 56.8 Å². The number of piperazine rings is 1. The molecule has 5 nitrogen and oxygen atoms in total. The van der Waals surface area contributed by atoms with Gasteiger partial charge in [-0.2, -0.15) is 0 Å². The predicted molar refractivity (Wildman–Crippen MR) is 139 cm³/mol. The number of hydrogen-bond acceptors (Lipinski definition) is 4. The quantitative estimate of drug-likeness (QED) is 0.434. The lowest BCUT2D eigenvalue weighted by atomic mass is 9.90. The van der Waals surface area contributed by atoms with Crippen LogP contribution < -0.4 is 15.0 Å². The number of nitrogens with zero attached hydrogens (tertiary/aromatic N) is 2. The Morgan fingerprint density at radius 3 is 2.42 bits per heavy atom. The van der Waals surface area contributed by atoms with Crippen LogP contribution in [0.4, 0.5) is 20.2 Å². The van der Waals surface area contributed by atoms with Crippen LogP contribution in [0, 0.1) is 11.6 Å². The molecule has 0 unspecified atom stereocenters. The van der Waals surface area contributed by atoms with E-state index in [0.29, 0.717) is 45.8 Å². The molecule has 0 radical (unpaired) electrons. The van der Waals surface area contributed by atoms with Crippen molar-refractivity contribution in [3.05, 3.63) is 75.8 Å². The molecule has 9 heteroatoms. The maximum Gasteiger partial charge on any atom is 0.231 e. The topological polar surface area (TPSA) is 44.8 Å². The van der Waals surface area contributed by atoms with Gasteiger partial charge in [0.1, 0.15) is 24.0 Å². The highest BCUT2D eigenvalue weighted by molar-refractivity contribution is 6.40. The third kappa shape index (κ3) is 5.06. The summed E-state index contributed by atoms with van der Waals surface area (Å²) in [6.45, 7) is 4.90. The number of carbonyl (C=O) groups excluding carboxylic acids is 1. The monoisotopic (exact) mass is 531 g/mol. The first-order valence-electron chi connectivity index (χ1n) is 11.9. The van der Waals surface area contributed by atoms with Crippen LogP contribution >= 0.6 is 23.2 Å². The van der Waals surface area contributed by atoms with Crippen molar-refractivity contribution in [3.8, 4) is 16.9 Å². The van der Waals surface area contributed by atoms with Gasteiger partial charge < -0.3 is 10.1 Å². The summed E-state index contributed by atoms with van der Waals surface area (Å²) in [5.41, 5.74) is 2.42. The number of anilines is 2. The highest BCUT2D eigenvalue weighted by Crippen LogP contribution is 2.46. The van der Waals surface area contributed by atoms with Gasteiger partial charge in [-0.05, 0) is 47.9 Å². The summed E-state index contributed by atoms with van der Waals surface area (Å²) in [5.74, 6) is -1.05. The number of carbonyl (C=O) groups is 1. The van der Waals surface area contributed by atoms with Crippen molar-refractivity contribution < 1.29 is 18.3 Å². The van der Waals surface area contributed by atoms with Crippen LogP contribution in [-0.4, -0.2) is 50.1 Å². The number of rotatable bonds is 6. The van der Waals surface area contributed by atoms with Crippen LogP contribution in [0.2, 0.25) is 10.0 Å². The Bertz CT molecular complexity index is 1280. The summed E-state index contributed by atoms with van der Waals surface area (Å²) >= 11 is 13.0. The molecule has 0 aliphatic carbocycles. The molecule has 1 N–H and O–H groups in total. The lowest BCUT2D eigenvalue weighted by molar-refractivity contribution is -0.118. The molecule has 188 valence electrons. The molecule has 0 aromatic heterocycles. The van der Waals surface area contributed by atoms with Crippen molar-refractivity contribution in [1.29, 1.82) is 0 Å². The second kappa shape index (κ2) is 10.7. The van der Waals surface area contributed by atoms with Crippen LogP contribution in [0.25, 0.3) is 11.1 Å². The third-order valence-electron chi connectivity index (χ3n) is 6.55. The Balaban J connectivity index is 1.59. The Hall–Kier alpha value is -2.71. The molecular weight excluding hydrogens is 507 g/mol. The van der Waals surface area contributed by atoms with Crippen LogP contribution in [0.3, 0.4) is 0 Å². The molecule has 36 heavy (non-hydrogen) atoms. The second-order valence-corrected chi connectivity index (χ2v) is 9.65. The van der Waals surface area contributed by atoms with Crippen LogP contribution in [-0.2, 0) is 11.2 Å². The maximum absolute atomic E-state index is 14.9. The van der Waals surface area contributed by atoms with E-state index in [0.717, 1.165) is 44.4 Å². The van der Waals surface area contributed by atoms with Gasteiger partial charge >= 0.3 is 0 Å². The smallest absolute Gasteiger partial charge is 0.231 e. The van der Waals surface area contributed by atoms with Crippen molar-refractivity contribution in [2.45, 2.75) is 12.8 Å². The molecule has 0 bridgehead atoms. The normalized spacial score (nSPS) is 16.2. The molecule has 0 saturated carbocycles. The number of amides is 1. The van der Waals surface area contributed by atoms with Gasteiger partial charge in [-0.15, -0.1) is 0 Å². The molecule has 1 saturated heterocycles. The minimum absolute atomic E-state index is 0.180.